The van der Waals surface area contributed by atoms with Gasteiger partial charge in [-0.15, -0.1) is 0 Å². The molecule has 1 atom stereocenters. The van der Waals surface area contributed by atoms with Gasteiger partial charge in [-0.25, -0.2) is 4.68 Å². The van der Waals surface area contributed by atoms with Gasteiger partial charge in [0.2, 0.25) is 0 Å². The quantitative estimate of drug-likeness (QED) is 0.495. The molecule has 0 bridgehead atoms. The van der Waals surface area contributed by atoms with E-state index in [1.807, 2.05) is 0 Å². The second-order valence-corrected chi connectivity index (χ2v) is 6.75. The van der Waals surface area contributed by atoms with Gasteiger partial charge in [0.1, 0.15) is 11.4 Å². The molecule has 0 fully saturated rings. The fourth-order valence-corrected chi connectivity index (χ4v) is 3.30. The van der Waals surface area contributed by atoms with Crippen LogP contribution in [0.1, 0.15) is 24.3 Å². The van der Waals surface area contributed by atoms with E-state index in [0.29, 0.717) is 12.1 Å². The highest BCUT2D eigenvalue weighted by Gasteiger charge is 2.34. The van der Waals surface area contributed by atoms with Crippen LogP contribution in [0.3, 0.4) is 0 Å². The molecular weight excluding hydrogens is 417 g/mol. The molecule has 0 aliphatic carbocycles. The molecule has 2 rings (SSSR count). The first kappa shape index (κ1) is 20.2. The highest BCUT2D eigenvalue weighted by molar-refractivity contribution is 8.00. The van der Waals surface area contributed by atoms with Crippen LogP contribution in [0.25, 0.3) is 5.69 Å². The fourth-order valence-electron chi connectivity index (χ4n) is 1.93. The Morgan fingerprint density at radius 2 is 1.64 bits per heavy atom. The maximum absolute atomic E-state index is 12.7. The van der Waals surface area contributed by atoms with Gasteiger partial charge in [0.05, 0.1) is 26.6 Å². The van der Waals surface area contributed by atoms with Crippen molar-refractivity contribution >= 4 is 35.0 Å². The molecule has 12 heteroatoms. The van der Waals surface area contributed by atoms with E-state index in [4.69, 9.17) is 23.2 Å². The highest BCUT2D eigenvalue weighted by atomic mass is 35.5. The first-order valence-corrected chi connectivity index (χ1v) is 7.97. The molecule has 0 saturated heterocycles. The van der Waals surface area contributed by atoms with E-state index in [2.05, 4.69) is 5.10 Å². The lowest BCUT2D eigenvalue weighted by atomic mass is 10.2. The molecule has 1 unspecified atom stereocenters. The van der Waals surface area contributed by atoms with Gasteiger partial charge >= 0.3 is 11.7 Å². The van der Waals surface area contributed by atoms with E-state index >= 15 is 0 Å². The molecule has 25 heavy (non-hydrogen) atoms. The Morgan fingerprint density at radius 3 is 2.04 bits per heavy atom. The molecule has 138 valence electrons. The van der Waals surface area contributed by atoms with E-state index < -0.39 is 50.1 Å². The lowest BCUT2D eigenvalue weighted by Gasteiger charge is -2.12. The largest absolute Gasteiger partial charge is 0.446 e. The van der Waals surface area contributed by atoms with Crippen LogP contribution >= 0.6 is 35.0 Å². The van der Waals surface area contributed by atoms with Crippen molar-refractivity contribution < 1.29 is 31.4 Å². The number of aromatic nitrogens is 2. The van der Waals surface area contributed by atoms with E-state index in [0.717, 1.165) is 10.9 Å². The molecule has 1 aromatic carbocycles. The van der Waals surface area contributed by atoms with Gasteiger partial charge in [0.25, 0.3) is 0 Å². The normalized spacial score (nSPS) is 14.0. The number of aliphatic hydroxyl groups is 1. The summed E-state index contributed by atoms with van der Waals surface area (Å²) in [7, 11) is 0. The summed E-state index contributed by atoms with van der Waals surface area (Å²) in [6, 6.07) is 1.17. The maximum Gasteiger partial charge on any atom is 0.446 e. The van der Waals surface area contributed by atoms with Gasteiger partial charge in [0.15, 0.2) is 0 Å². The summed E-state index contributed by atoms with van der Waals surface area (Å²) in [5.41, 5.74) is -6.30. The first-order chi connectivity index (χ1) is 11.3. The Morgan fingerprint density at radius 1 is 1.12 bits per heavy atom. The Bertz CT molecular complexity index is 765. The molecule has 0 aliphatic heterocycles. The second kappa shape index (κ2) is 6.90. The molecular formula is C13H8Cl2F6N2OS. The predicted octanol–water partition coefficient (Wildman–Crippen LogP) is 5.86. The van der Waals surface area contributed by atoms with Crippen LogP contribution in [-0.2, 0) is 6.18 Å². The smallest absolute Gasteiger partial charge is 0.387 e. The number of hydrogen-bond acceptors (Lipinski definition) is 3. The maximum atomic E-state index is 12.7. The van der Waals surface area contributed by atoms with Gasteiger partial charge < -0.3 is 5.11 Å². The number of halogens is 8. The Kier molecular flexibility index (Phi) is 5.58. The van der Waals surface area contributed by atoms with Crippen molar-refractivity contribution in [3.8, 4) is 5.69 Å². The van der Waals surface area contributed by atoms with Crippen molar-refractivity contribution in [2.24, 2.45) is 0 Å². The Labute approximate surface area is 151 Å². The average molecular weight is 425 g/mol. The number of thioether (sulfide) groups is 1. The summed E-state index contributed by atoms with van der Waals surface area (Å²) in [5, 5.41) is 12.4. The van der Waals surface area contributed by atoms with Crippen LogP contribution in [0.5, 0.6) is 0 Å². The van der Waals surface area contributed by atoms with Gasteiger partial charge in [-0.05, 0) is 30.8 Å². The molecule has 3 nitrogen and oxygen atoms in total. The van der Waals surface area contributed by atoms with Gasteiger partial charge in [0, 0.05) is 6.20 Å². The molecule has 1 aromatic heterocycles. The molecule has 0 aliphatic rings. The fraction of sp³-hybridized carbons (Fsp3) is 0.308. The minimum absolute atomic E-state index is 0.229. The monoisotopic (exact) mass is 424 g/mol. The summed E-state index contributed by atoms with van der Waals surface area (Å²) >= 11 is 11.1. The summed E-state index contributed by atoms with van der Waals surface area (Å²) < 4.78 is 76.8. The number of rotatable bonds is 3. The lowest BCUT2D eigenvalue weighted by Crippen LogP contribution is -2.07. The SMILES string of the molecule is CC(O)c1nn(-c2c(Cl)cc(C(F)(F)F)cc2Cl)cc1SC(F)(F)F. The standard InChI is InChI=1S/C13H8Cl2F6N2OS/c1-5(24)10-9(25-13(19,20)21)4-23(22-10)11-7(14)2-6(3-8(11)15)12(16,17)18/h2-5,24H,1H3. The molecule has 0 saturated carbocycles. The Balaban J connectivity index is 2.58. The third-order valence-electron chi connectivity index (χ3n) is 2.90. The summed E-state index contributed by atoms with van der Waals surface area (Å²) in [6.07, 6.45) is -5.16. The van der Waals surface area contributed by atoms with Crippen molar-refractivity contribution in [2.45, 2.75) is 29.6 Å². The number of nitrogens with zero attached hydrogens (tertiary/aromatic N) is 2. The van der Waals surface area contributed by atoms with Crippen LogP contribution in [-0.4, -0.2) is 20.4 Å². The first-order valence-electron chi connectivity index (χ1n) is 6.39. The predicted molar refractivity (Wildman–Crippen MR) is 81.1 cm³/mol. The van der Waals surface area contributed by atoms with Crippen molar-refractivity contribution in [1.82, 2.24) is 9.78 Å². The Hall–Kier alpha value is -1.10. The minimum Gasteiger partial charge on any atom is -0.387 e. The van der Waals surface area contributed by atoms with Gasteiger partial charge in [-0.1, -0.05) is 23.2 Å². The van der Waals surface area contributed by atoms with Gasteiger partial charge in [-0.2, -0.15) is 31.4 Å². The van der Waals surface area contributed by atoms with Crippen molar-refractivity contribution in [1.29, 1.82) is 0 Å². The average Bonchev–Trinajstić information content (AvgIpc) is 2.78. The van der Waals surface area contributed by atoms with Crippen LogP contribution in [0.4, 0.5) is 26.3 Å². The van der Waals surface area contributed by atoms with E-state index in [-0.39, 0.29) is 11.4 Å². The third kappa shape index (κ3) is 4.75. The van der Waals surface area contributed by atoms with Crippen molar-refractivity contribution in [3.63, 3.8) is 0 Å². The number of hydrogen-bond donors (Lipinski definition) is 1. The summed E-state index contributed by atoms with van der Waals surface area (Å²) in [4.78, 5) is -0.422. The van der Waals surface area contributed by atoms with Crippen molar-refractivity contribution in [2.75, 3.05) is 0 Å². The van der Waals surface area contributed by atoms with E-state index in [9.17, 15) is 31.4 Å². The lowest BCUT2D eigenvalue weighted by molar-refractivity contribution is -0.137. The number of aliphatic hydroxyl groups excluding tert-OH is 1. The highest BCUT2D eigenvalue weighted by Crippen LogP contribution is 2.42. The van der Waals surface area contributed by atoms with E-state index in [1.54, 1.807) is 0 Å². The second-order valence-electron chi connectivity index (χ2n) is 4.83. The zero-order valence-electron chi connectivity index (χ0n) is 12.1. The zero-order valence-corrected chi connectivity index (χ0v) is 14.4. The van der Waals surface area contributed by atoms with Crippen LogP contribution < -0.4 is 0 Å². The topological polar surface area (TPSA) is 38.1 Å². The van der Waals surface area contributed by atoms with Crippen LogP contribution in [0.15, 0.2) is 23.2 Å². The zero-order chi connectivity index (χ0) is 19.2. The molecule has 0 amide bonds. The number of benzene rings is 1. The summed E-state index contributed by atoms with van der Waals surface area (Å²) in [5.74, 6) is 0. The molecule has 1 N–H and O–H groups in total. The molecule has 1 heterocycles. The number of alkyl halides is 6. The molecule has 0 spiro atoms. The van der Waals surface area contributed by atoms with Crippen LogP contribution in [0.2, 0.25) is 10.0 Å². The summed E-state index contributed by atoms with van der Waals surface area (Å²) in [6.45, 7) is 1.20. The van der Waals surface area contributed by atoms with Crippen LogP contribution in [0, 0.1) is 0 Å². The van der Waals surface area contributed by atoms with Gasteiger partial charge in [-0.3, -0.25) is 0 Å². The molecule has 2 aromatic rings. The molecule has 0 radical (unpaired) electrons. The van der Waals surface area contributed by atoms with E-state index in [1.165, 1.54) is 6.92 Å². The van der Waals surface area contributed by atoms with Crippen molar-refractivity contribution in [3.05, 3.63) is 39.6 Å². The minimum atomic E-state index is -4.70. The third-order valence-corrected chi connectivity index (χ3v) is 4.24.